The quantitative estimate of drug-likeness (QED) is 0.849. The Morgan fingerprint density at radius 1 is 1.19 bits per heavy atom. The van der Waals surface area contributed by atoms with E-state index in [1.54, 1.807) is 24.3 Å². The first-order valence-corrected chi connectivity index (χ1v) is 7.44. The summed E-state index contributed by atoms with van der Waals surface area (Å²) in [5.74, 6) is -3.09. The van der Waals surface area contributed by atoms with Crippen LogP contribution in [0.5, 0.6) is 0 Å². The van der Waals surface area contributed by atoms with Gasteiger partial charge in [0.1, 0.15) is 11.6 Å². The van der Waals surface area contributed by atoms with Gasteiger partial charge in [0.25, 0.3) is 0 Å². The molecule has 134 valence electrons. The van der Waals surface area contributed by atoms with Crippen molar-refractivity contribution in [2.24, 2.45) is 0 Å². The van der Waals surface area contributed by atoms with Crippen LogP contribution in [0.3, 0.4) is 0 Å². The van der Waals surface area contributed by atoms with Gasteiger partial charge >= 0.3 is 12.0 Å². The molecule has 2 aromatic rings. The molecule has 0 heterocycles. The van der Waals surface area contributed by atoms with Gasteiger partial charge in [0.05, 0.1) is 30.0 Å². The highest BCUT2D eigenvalue weighted by molar-refractivity contribution is 5.94. The Morgan fingerprint density at radius 2 is 1.85 bits per heavy atom. The Balaban J connectivity index is 2.13. The topological polar surface area (TPSA) is 82.4 Å². The molecule has 0 aliphatic rings. The van der Waals surface area contributed by atoms with Crippen LogP contribution in [0, 0.1) is 23.0 Å². The Bertz CT molecular complexity index is 876. The van der Waals surface area contributed by atoms with Gasteiger partial charge in [0.2, 0.25) is 0 Å². The molecule has 2 aromatic carbocycles. The zero-order valence-electron chi connectivity index (χ0n) is 14.0. The molecule has 26 heavy (non-hydrogen) atoms. The zero-order valence-corrected chi connectivity index (χ0v) is 14.0. The van der Waals surface area contributed by atoms with Crippen molar-refractivity contribution in [3.8, 4) is 6.07 Å². The molecule has 0 radical (unpaired) electrons. The number of carbonyl (C=O) groups excluding carboxylic acids is 2. The van der Waals surface area contributed by atoms with Gasteiger partial charge in [-0.25, -0.2) is 18.4 Å². The minimum absolute atomic E-state index is 0.199. The highest BCUT2D eigenvalue weighted by Crippen LogP contribution is 2.21. The molecule has 0 saturated heterocycles. The standard InChI is InChI=1S/C18H15F2N3O3/c1-23(10-12-5-3-11(9-21)4-6-12)18(25)22-16-7-13(17(24)26-2)14(19)8-15(16)20/h3-8H,10H2,1-2H3,(H,22,25). The number of esters is 1. The van der Waals surface area contributed by atoms with E-state index in [1.807, 2.05) is 6.07 Å². The van der Waals surface area contributed by atoms with Crippen molar-refractivity contribution in [1.29, 1.82) is 5.26 Å². The number of ether oxygens (including phenoxy) is 1. The number of nitriles is 1. The molecule has 0 aromatic heterocycles. The fraction of sp³-hybridized carbons (Fsp3) is 0.167. The molecule has 6 nitrogen and oxygen atoms in total. The monoisotopic (exact) mass is 359 g/mol. The molecule has 1 N–H and O–H groups in total. The van der Waals surface area contributed by atoms with Gasteiger partial charge in [0.15, 0.2) is 0 Å². The molecular weight excluding hydrogens is 344 g/mol. The first kappa shape index (κ1) is 18.9. The summed E-state index contributed by atoms with van der Waals surface area (Å²) >= 11 is 0. The van der Waals surface area contributed by atoms with E-state index in [-0.39, 0.29) is 12.2 Å². The number of rotatable bonds is 4. The van der Waals surface area contributed by atoms with Crippen LogP contribution in [0.2, 0.25) is 0 Å². The average molecular weight is 359 g/mol. The number of methoxy groups -OCH3 is 1. The summed E-state index contributed by atoms with van der Waals surface area (Å²) in [7, 11) is 2.55. The van der Waals surface area contributed by atoms with Crippen molar-refractivity contribution in [3.05, 3.63) is 64.7 Å². The summed E-state index contributed by atoms with van der Waals surface area (Å²) in [4.78, 5) is 25.0. The van der Waals surface area contributed by atoms with Crippen molar-refractivity contribution < 1.29 is 23.1 Å². The summed E-state index contributed by atoms with van der Waals surface area (Å²) in [5.41, 5.74) is 0.420. The molecule has 2 rings (SSSR count). The number of benzene rings is 2. The molecule has 2 amide bonds. The number of amides is 2. The predicted molar refractivity (Wildman–Crippen MR) is 89.3 cm³/mol. The van der Waals surface area contributed by atoms with Crippen LogP contribution >= 0.6 is 0 Å². The third kappa shape index (κ3) is 4.33. The molecule has 8 heteroatoms. The van der Waals surface area contributed by atoms with Crippen LogP contribution in [-0.2, 0) is 11.3 Å². The Labute approximate surface area is 148 Å². The largest absolute Gasteiger partial charge is 0.465 e. The highest BCUT2D eigenvalue weighted by Gasteiger charge is 2.19. The van der Waals surface area contributed by atoms with E-state index in [0.717, 1.165) is 18.7 Å². The van der Waals surface area contributed by atoms with E-state index < -0.39 is 29.2 Å². The minimum atomic E-state index is -1.08. The third-order valence-electron chi connectivity index (χ3n) is 3.55. The van der Waals surface area contributed by atoms with E-state index in [9.17, 15) is 18.4 Å². The van der Waals surface area contributed by atoms with Gasteiger partial charge in [0, 0.05) is 19.7 Å². The van der Waals surface area contributed by atoms with E-state index in [0.29, 0.717) is 11.6 Å². The van der Waals surface area contributed by atoms with Crippen molar-refractivity contribution >= 4 is 17.7 Å². The number of hydrogen-bond donors (Lipinski definition) is 1. The van der Waals surface area contributed by atoms with Crippen LogP contribution in [0.15, 0.2) is 36.4 Å². The molecular formula is C18H15F2N3O3. The first-order chi connectivity index (χ1) is 12.3. The van der Waals surface area contributed by atoms with Crippen LogP contribution in [-0.4, -0.2) is 31.1 Å². The summed E-state index contributed by atoms with van der Waals surface area (Å²) in [6.07, 6.45) is 0. The molecule has 0 saturated carbocycles. The maximum absolute atomic E-state index is 13.9. The normalized spacial score (nSPS) is 9.96. The Kier molecular flexibility index (Phi) is 5.86. The minimum Gasteiger partial charge on any atom is -0.465 e. The lowest BCUT2D eigenvalue weighted by Gasteiger charge is -2.18. The molecule has 0 fully saturated rings. The lowest BCUT2D eigenvalue weighted by atomic mass is 10.1. The van der Waals surface area contributed by atoms with Gasteiger partial charge in [-0.1, -0.05) is 12.1 Å². The van der Waals surface area contributed by atoms with Crippen molar-refractivity contribution in [2.75, 3.05) is 19.5 Å². The molecule has 0 aliphatic carbocycles. The van der Waals surface area contributed by atoms with E-state index >= 15 is 0 Å². The summed E-state index contributed by atoms with van der Waals surface area (Å²) in [6, 6.07) is 9.32. The van der Waals surface area contributed by atoms with Gasteiger partial charge in [-0.2, -0.15) is 5.26 Å². The second-order valence-corrected chi connectivity index (χ2v) is 5.40. The number of anilines is 1. The maximum Gasteiger partial charge on any atom is 0.340 e. The lowest BCUT2D eigenvalue weighted by molar-refractivity contribution is 0.0595. The summed E-state index contributed by atoms with van der Waals surface area (Å²) in [6.45, 7) is 0.199. The second-order valence-electron chi connectivity index (χ2n) is 5.40. The van der Waals surface area contributed by atoms with E-state index in [4.69, 9.17) is 5.26 Å². The van der Waals surface area contributed by atoms with Gasteiger partial charge in [-0.3, -0.25) is 0 Å². The molecule has 0 unspecified atom stereocenters. The van der Waals surface area contributed by atoms with Crippen molar-refractivity contribution in [2.45, 2.75) is 6.54 Å². The fourth-order valence-corrected chi connectivity index (χ4v) is 2.15. The van der Waals surface area contributed by atoms with Crippen LogP contribution in [0.4, 0.5) is 19.3 Å². The number of carbonyl (C=O) groups is 2. The molecule has 0 bridgehead atoms. The molecule has 0 spiro atoms. The van der Waals surface area contributed by atoms with E-state index in [2.05, 4.69) is 10.1 Å². The van der Waals surface area contributed by atoms with Crippen LogP contribution < -0.4 is 5.32 Å². The average Bonchev–Trinajstić information content (AvgIpc) is 2.63. The SMILES string of the molecule is COC(=O)c1cc(NC(=O)N(C)Cc2ccc(C#N)cc2)c(F)cc1F. The summed E-state index contributed by atoms with van der Waals surface area (Å²) < 4.78 is 31.9. The van der Waals surface area contributed by atoms with Gasteiger partial charge in [-0.15, -0.1) is 0 Å². The Morgan fingerprint density at radius 3 is 2.42 bits per heavy atom. The predicted octanol–water partition coefficient (Wildman–Crippen LogP) is 3.29. The second kappa shape index (κ2) is 8.07. The van der Waals surface area contributed by atoms with Gasteiger partial charge in [-0.05, 0) is 23.8 Å². The van der Waals surface area contributed by atoms with Crippen molar-refractivity contribution in [3.63, 3.8) is 0 Å². The molecule has 0 atom stereocenters. The highest BCUT2D eigenvalue weighted by atomic mass is 19.1. The van der Waals surface area contributed by atoms with Crippen LogP contribution in [0.25, 0.3) is 0 Å². The van der Waals surface area contributed by atoms with Gasteiger partial charge < -0.3 is 15.0 Å². The lowest BCUT2D eigenvalue weighted by Crippen LogP contribution is -2.31. The van der Waals surface area contributed by atoms with E-state index in [1.165, 1.54) is 11.9 Å². The third-order valence-corrected chi connectivity index (χ3v) is 3.55. The summed E-state index contributed by atoms with van der Waals surface area (Å²) in [5, 5.41) is 11.1. The number of nitrogens with zero attached hydrogens (tertiary/aromatic N) is 2. The Hall–Kier alpha value is -3.47. The number of halogens is 2. The molecule has 0 aliphatic heterocycles. The smallest absolute Gasteiger partial charge is 0.340 e. The number of urea groups is 1. The number of hydrogen-bond acceptors (Lipinski definition) is 4. The number of nitrogens with one attached hydrogen (secondary N) is 1. The first-order valence-electron chi connectivity index (χ1n) is 7.44. The van der Waals surface area contributed by atoms with Crippen LogP contribution in [0.1, 0.15) is 21.5 Å². The van der Waals surface area contributed by atoms with Crippen molar-refractivity contribution in [1.82, 2.24) is 4.90 Å². The fourth-order valence-electron chi connectivity index (χ4n) is 2.15. The maximum atomic E-state index is 13.9. The zero-order chi connectivity index (χ0) is 19.3.